The Balaban J connectivity index is 5.44. The molecule has 4 unspecified atom stereocenters. The van der Waals surface area contributed by atoms with Gasteiger partial charge < -0.3 is 37.6 Å². The van der Waals surface area contributed by atoms with E-state index in [0.717, 1.165) is 0 Å². The Hall–Kier alpha value is -2.52. The molecule has 0 spiro atoms. The van der Waals surface area contributed by atoms with Crippen molar-refractivity contribution in [2.24, 2.45) is 11.5 Å². The highest BCUT2D eigenvalue weighted by molar-refractivity contribution is 7.80. The average Bonchev–Trinajstić information content (AvgIpc) is 2.66. The summed E-state index contributed by atoms with van der Waals surface area (Å²) in [7, 11) is 0. The van der Waals surface area contributed by atoms with Gasteiger partial charge in [0.2, 0.25) is 23.6 Å². The Labute approximate surface area is 182 Å². The minimum atomic E-state index is -1.66. The van der Waals surface area contributed by atoms with E-state index in [1.54, 1.807) is 0 Å². The van der Waals surface area contributed by atoms with Crippen LogP contribution in [0.15, 0.2) is 0 Å². The molecule has 15 heteroatoms. The normalized spacial score (nSPS) is 14.5. The topological polar surface area (TPSA) is 231 Å². The highest BCUT2D eigenvalue weighted by Gasteiger charge is 2.31. The Morgan fingerprint density at radius 1 is 0.800 bits per heavy atom. The first-order valence-corrected chi connectivity index (χ1v) is 9.80. The van der Waals surface area contributed by atoms with Gasteiger partial charge in [0, 0.05) is 17.9 Å². The Bertz CT molecular complexity index is 677. The van der Waals surface area contributed by atoms with Gasteiger partial charge in [-0.15, -0.1) is 0 Å². The monoisotopic (exact) mass is 467 g/mol. The first-order valence-electron chi connectivity index (χ1n) is 8.54. The number of carbonyl (C=O) groups excluding carboxylic acids is 4. The number of hydrogen-bond acceptors (Lipinski definition) is 9. The number of primary amides is 1. The zero-order valence-corrected chi connectivity index (χ0v) is 17.5. The fourth-order valence-corrected chi connectivity index (χ4v) is 2.44. The second-order valence-electron chi connectivity index (χ2n) is 6.10. The Morgan fingerprint density at radius 3 is 1.73 bits per heavy atom. The van der Waals surface area contributed by atoms with Crippen molar-refractivity contribution in [3.63, 3.8) is 0 Å². The number of thiol groups is 2. The molecule has 0 aliphatic rings. The first kappa shape index (κ1) is 27.5. The maximum Gasteiger partial charge on any atom is 0.327 e. The summed E-state index contributed by atoms with van der Waals surface area (Å²) in [5.74, 6) is -6.80. The molecule has 4 atom stereocenters. The summed E-state index contributed by atoms with van der Waals surface area (Å²) in [4.78, 5) is 69.9. The largest absolute Gasteiger partial charge is 0.481 e. The number of carboxylic acid groups (broad SMARTS) is 2. The molecule has 0 saturated carbocycles. The third-order valence-electron chi connectivity index (χ3n) is 3.65. The summed E-state index contributed by atoms with van der Waals surface area (Å²) in [5.41, 5.74) is 10.6. The molecule has 0 fully saturated rings. The first-order chi connectivity index (χ1) is 13.9. The molecule has 0 bridgehead atoms. The van der Waals surface area contributed by atoms with Gasteiger partial charge in [-0.3, -0.25) is 24.0 Å². The maximum absolute atomic E-state index is 12.5. The molecule has 0 aromatic heterocycles. The molecule has 0 rings (SSSR count). The molecule has 0 aromatic carbocycles. The van der Waals surface area contributed by atoms with Crippen LogP contribution in [0.25, 0.3) is 0 Å². The lowest BCUT2D eigenvalue weighted by Crippen LogP contribution is -2.58. The van der Waals surface area contributed by atoms with E-state index in [-0.39, 0.29) is 24.3 Å². The number of nitrogens with one attached hydrogen (secondary N) is 3. The number of nitrogens with two attached hydrogens (primary N) is 2. The third-order valence-corrected chi connectivity index (χ3v) is 4.41. The van der Waals surface area contributed by atoms with Crippen LogP contribution in [0.4, 0.5) is 0 Å². The van der Waals surface area contributed by atoms with Crippen molar-refractivity contribution in [3.05, 3.63) is 0 Å². The SMILES string of the molecule is NC(=O)CCC(NC(=O)C(N)CS)C(=O)NC(CC(=O)O)C(=O)NC(CS)C(=O)O. The molecule has 0 heterocycles. The third kappa shape index (κ3) is 10.3. The predicted molar refractivity (Wildman–Crippen MR) is 110 cm³/mol. The Morgan fingerprint density at radius 2 is 1.30 bits per heavy atom. The molecule has 0 aliphatic heterocycles. The van der Waals surface area contributed by atoms with Crippen molar-refractivity contribution in [2.45, 2.75) is 43.4 Å². The zero-order chi connectivity index (χ0) is 23.4. The van der Waals surface area contributed by atoms with Crippen LogP contribution in [0.3, 0.4) is 0 Å². The number of carboxylic acids is 2. The van der Waals surface area contributed by atoms with E-state index in [1.807, 2.05) is 5.32 Å². The van der Waals surface area contributed by atoms with Gasteiger partial charge in [-0.1, -0.05) is 0 Å². The van der Waals surface area contributed by atoms with E-state index in [9.17, 15) is 28.8 Å². The summed E-state index contributed by atoms with van der Waals surface area (Å²) >= 11 is 7.63. The average molecular weight is 468 g/mol. The van der Waals surface area contributed by atoms with Gasteiger partial charge in [-0.2, -0.15) is 25.3 Å². The van der Waals surface area contributed by atoms with Gasteiger partial charge >= 0.3 is 11.9 Å². The van der Waals surface area contributed by atoms with Crippen LogP contribution in [0.1, 0.15) is 19.3 Å². The number of hydrogen-bond donors (Lipinski definition) is 9. The lowest BCUT2D eigenvalue weighted by Gasteiger charge is -2.24. The van der Waals surface area contributed by atoms with Crippen LogP contribution in [0, 0.1) is 0 Å². The second kappa shape index (κ2) is 13.7. The molecule has 170 valence electrons. The molecule has 0 saturated heterocycles. The number of amides is 4. The van der Waals surface area contributed by atoms with Crippen molar-refractivity contribution in [1.82, 2.24) is 16.0 Å². The van der Waals surface area contributed by atoms with E-state index in [2.05, 4.69) is 35.9 Å². The summed E-state index contributed by atoms with van der Waals surface area (Å²) in [6, 6.07) is -5.52. The lowest BCUT2D eigenvalue weighted by atomic mass is 10.1. The number of aliphatic carboxylic acids is 2. The van der Waals surface area contributed by atoms with E-state index >= 15 is 0 Å². The summed E-state index contributed by atoms with van der Waals surface area (Å²) in [5, 5.41) is 24.4. The molecule has 30 heavy (non-hydrogen) atoms. The van der Waals surface area contributed by atoms with E-state index in [1.165, 1.54) is 0 Å². The smallest absolute Gasteiger partial charge is 0.327 e. The Kier molecular flexibility index (Phi) is 12.5. The van der Waals surface area contributed by atoms with Crippen LogP contribution in [0.5, 0.6) is 0 Å². The highest BCUT2D eigenvalue weighted by atomic mass is 32.1. The van der Waals surface area contributed by atoms with E-state index in [0.29, 0.717) is 0 Å². The van der Waals surface area contributed by atoms with Gasteiger partial charge in [0.05, 0.1) is 12.5 Å². The summed E-state index contributed by atoms with van der Waals surface area (Å²) in [6.45, 7) is 0. The van der Waals surface area contributed by atoms with Crippen molar-refractivity contribution in [3.8, 4) is 0 Å². The molecule has 13 nitrogen and oxygen atoms in total. The predicted octanol–water partition coefficient (Wildman–Crippen LogP) is -3.55. The quantitative estimate of drug-likeness (QED) is 0.115. The van der Waals surface area contributed by atoms with Crippen molar-refractivity contribution < 1.29 is 39.0 Å². The fraction of sp³-hybridized carbons (Fsp3) is 0.600. The van der Waals surface area contributed by atoms with Gasteiger partial charge in [-0.05, 0) is 6.42 Å². The molecule has 9 N–H and O–H groups in total. The second-order valence-corrected chi connectivity index (χ2v) is 6.83. The van der Waals surface area contributed by atoms with E-state index in [4.69, 9.17) is 21.7 Å². The standard InChI is InChI=1S/C15H25N5O8S2/c16-6(4-29)12(24)18-7(1-2-10(17)21)13(25)19-8(3-11(22)23)14(26)20-9(5-30)15(27)28/h6-9,29-30H,1-5,16H2,(H2,17,21)(H,18,24)(H,19,25)(H,20,26)(H,22,23)(H,27,28). The van der Waals surface area contributed by atoms with Crippen molar-refractivity contribution >= 4 is 60.8 Å². The highest BCUT2D eigenvalue weighted by Crippen LogP contribution is 2.03. The lowest BCUT2D eigenvalue weighted by molar-refractivity contribution is -0.143. The summed E-state index contributed by atoms with van der Waals surface area (Å²) in [6.07, 6.45) is -1.42. The van der Waals surface area contributed by atoms with Gasteiger partial charge in [0.25, 0.3) is 0 Å². The molecule has 0 aliphatic carbocycles. The van der Waals surface area contributed by atoms with Crippen LogP contribution in [0.2, 0.25) is 0 Å². The minimum Gasteiger partial charge on any atom is -0.481 e. The fourth-order valence-electron chi connectivity index (χ4n) is 2.03. The van der Waals surface area contributed by atoms with Crippen LogP contribution < -0.4 is 27.4 Å². The number of rotatable bonds is 14. The van der Waals surface area contributed by atoms with Crippen molar-refractivity contribution in [2.75, 3.05) is 11.5 Å². The zero-order valence-electron chi connectivity index (χ0n) is 15.7. The molecule has 0 radical (unpaired) electrons. The molecule has 4 amide bonds. The minimum absolute atomic E-state index is 0.0413. The van der Waals surface area contributed by atoms with Crippen LogP contribution >= 0.6 is 25.3 Å². The van der Waals surface area contributed by atoms with Gasteiger partial charge in [0.15, 0.2) is 0 Å². The van der Waals surface area contributed by atoms with Crippen LogP contribution in [-0.2, 0) is 28.8 Å². The van der Waals surface area contributed by atoms with Crippen molar-refractivity contribution in [1.29, 1.82) is 0 Å². The maximum atomic E-state index is 12.5. The number of carbonyl (C=O) groups is 6. The molecular formula is C15H25N5O8S2. The molecular weight excluding hydrogens is 442 g/mol. The van der Waals surface area contributed by atoms with Gasteiger partial charge in [0.1, 0.15) is 18.1 Å². The summed E-state index contributed by atoms with van der Waals surface area (Å²) < 4.78 is 0. The van der Waals surface area contributed by atoms with E-state index < -0.39 is 66.2 Å². The van der Waals surface area contributed by atoms with Crippen LogP contribution in [-0.4, -0.2) is 81.5 Å². The molecule has 0 aromatic rings. The van der Waals surface area contributed by atoms with Gasteiger partial charge in [-0.25, -0.2) is 4.79 Å².